The van der Waals surface area contributed by atoms with Crippen LogP contribution in [0.15, 0.2) is 121 Å². The topological polar surface area (TPSA) is 3.24 Å². The third kappa shape index (κ3) is 8.78. The quantitative estimate of drug-likeness (QED) is 0.128. The molecule has 0 radical (unpaired) electrons. The maximum absolute atomic E-state index is 5.54. The van der Waals surface area contributed by atoms with Crippen LogP contribution in [0.1, 0.15) is 0 Å². The molecule has 1 nitrogen and oxygen atoms in total. The Hall–Kier alpha value is -0.514. The summed E-state index contributed by atoms with van der Waals surface area (Å²) in [6.45, 7) is 1.76. The van der Waals surface area contributed by atoms with Crippen LogP contribution in [0, 0.1) is 0 Å². The maximum atomic E-state index is 5.54. The minimum atomic E-state index is -0.464. The summed E-state index contributed by atoms with van der Waals surface area (Å²) in [5, 5.41) is 5.59. The molecule has 0 aliphatic carbocycles. The molecular weight excluding hydrogens is 528 g/mol. The number of thiocarbonyl (C=S) groups is 1. The molecule has 0 atom stereocenters. The van der Waals surface area contributed by atoms with Gasteiger partial charge in [-0.25, -0.2) is 0 Å². The summed E-state index contributed by atoms with van der Waals surface area (Å²) in [5.74, 6) is 0. The van der Waals surface area contributed by atoms with Crippen LogP contribution in [-0.2, 0) is 12.6 Å². The van der Waals surface area contributed by atoms with Crippen molar-refractivity contribution in [1.29, 1.82) is 0 Å². The Balaban J connectivity index is 0.00000342. The molecule has 0 N–H and O–H groups in total. The molecule has 0 amide bonds. The summed E-state index contributed by atoms with van der Waals surface area (Å²) in [6.07, 6.45) is 2.07. The molecule has 35 heavy (non-hydrogen) atoms. The summed E-state index contributed by atoms with van der Waals surface area (Å²) in [5.41, 5.74) is 0. The molecule has 0 saturated heterocycles. The van der Waals surface area contributed by atoms with Gasteiger partial charge in [-0.15, -0.1) is 0 Å². The maximum Gasteiger partial charge on any atom is 1.00 e. The largest absolute Gasteiger partial charge is 1.00 e. The van der Waals surface area contributed by atoms with Crippen LogP contribution in [0.5, 0.6) is 0 Å². The molecule has 0 spiro atoms. The van der Waals surface area contributed by atoms with Crippen LogP contribution in [0.2, 0.25) is 0 Å². The van der Waals surface area contributed by atoms with Crippen molar-refractivity contribution in [2.45, 2.75) is 0 Å². The van der Waals surface area contributed by atoms with Gasteiger partial charge in [0.2, 0.25) is 0 Å². The fourth-order valence-electron chi connectivity index (χ4n) is 3.98. The molecule has 6 heteroatoms. The van der Waals surface area contributed by atoms with Gasteiger partial charge in [0, 0.05) is 13.1 Å². The number of hydrogen-bond acceptors (Lipinski definition) is 2. The second-order valence-electron chi connectivity index (χ2n) is 7.90. The Morgan fingerprint density at radius 2 is 0.800 bits per heavy atom. The van der Waals surface area contributed by atoms with Crippen LogP contribution >= 0.6 is 28.1 Å². The van der Waals surface area contributed by atoms with Crippen molar-refractivity contribution in [3.8, 4) is 0 Å². The van der Waals surface area contributed by atoms with Crippen molar-refractivity contribution >= 4 is 66.2 Å². The Bertz CT molecular complexity index is 982. The van der Waals surface area contributed by atoms with E-state index in [1.807, 2.05) is 0 Å². The first kappa shape index (κ1) is 29.0. The van der Waals surface area contributed by atoms with Gasteiger partial charge in [-0.1, -0.05) is 126 Å². The molecule has 0 unspecified atom stereocenters. The number of benzene rings is 4. The van der Waals surface area contributed by atoms with E-state index in [1.165, 1.54) is 21.2 Å². The third-order valence-corrected chi connectivity index (χ3v) is 11.2. The molecule has 0 bridgehead atoms. The van der Waals surface area contributed by atoms with Crippen molar-refractivity contribution in [2.24, 2.45) is 0 Å². The van der Waals surface area contributed by atoms with E-state index in [-0.39, 0.29) is 51.4 Å². The Kier molecular flexibility index (Phi) is 13.0. The van der Waals surface area contributed by atoms with Crippen molar-refractivity contribution in [2.75, 3.05) is 25.4 Å². The molecule has 4 aromatic rings. The van der Waals surface area contributed by atoms with Gasteiger partial charge in [-0.3, -0.25) is 0 Å². The average molecular weight is 556 g/mol. The minimum Gasteiger partial charge on any atom is -0.411 e. The molecule has 172 valence electrons. The first-order valence-corrected chi connectivity index (χ1v) is 15.3. The van der Waals surface area contributed by atoms with E-state index in [0.29, 0.717) is 4.32 Å². The van der Waals surface area contributed by atoms with E-state index in [0.717, 1.165) is 25.4 Å². The number of hydrogen-bond donors (Lipinski definition) is 0. The first-order valence-electron chi connectivity index (χ1n) is 11.4. The summed E-state index contributed by atoms with van der Waals surface area (Å²) in [4.78, 5) is 2.24. The molecule has 4 aromatic carbocycles. The van der Waals surface area contributed by atoms with E-state index in [1.54, 1.807) is 0 Å². The molecule has 0 aliphatic heterocycles. The number of rotatable bonds is 10. The van der Waals surface area contributed by atoms with E-state index < -0.39 is 15.8 Å². The van der Waals surface area contributed by atoms with Crippen molar-refractivity contribution in [1.82, 2.24) is 4.90 Å². The molecule has 0 heterocycles. The third-order valence-electron chi connectivity index (χ3n) is 5.72. The molecule has 0 aliphatic rings. The summed E-state index contributed by atoms with van der Waals surface area (Å²) in [6, 6.07) is 43.4. The second kappa shape index (κ2) is 15.7. The Morgan fingerprint density at radius 3 is 1.03 bits per heavy atom. The smallest absolute Gasteiger partial charge is 0.411 e. The molecular formula is C29H28KNP2S2. The summed E-state index contributed by atoms with van der Waals surface area (Å²) in [7, 11) is -0.928. The molecule has 0 fully saturated rings. The number of nitrogens with zero attached hydrogens (tertiary/aromatic N) is 1. The van der Waals surface area contributed by atoms with Crippen molar-refractivity contribution < 1.29 is 51.4 Å². The van der Waals surface area contributed by atoms with Crippen LogP contribution in [0.3, 0.4) is 0 Å². The predicted octanol–water partition coefficient (Wildman–Crippen LogP) is 2.39. The van der Waals surface area contributed by atoms with E-state index in [2.05, 4.69) is 126 Å². The Labute approximate surface area is 266 Å². The van der Waals surface area contributed by atoms with Gasteiger partial charge in [0.15, 0.2) is 0 Å². The van der Waals surface area contributed by atoms with Crippen LogP contribution in [0.4, 0.5) is 0 Å². The SMILES string of the molecule is S=C([S-])N(CCP(c1ccccc1)c1ccccc1)CCP(c1ccccc1)c1ccccc1.[K+]. The van der Waals surface area contributed by atoms with Crippen LogP contribution in [0.25, 0.3) is 0 Å². The Morgan fingerprint density at radius 1 is 0.543 bits per heavy atom. The normalized spacial score (nSPS) is 10.7. The van der Waals surface area contributed by atoms with Crippen LogP contribution in [-0.4, -0.2) is 34.6 Å². The van der Waals surface area contributed by atoms with Gasteiger partial charge in [0.1, 0.15) is 0 Å². The fourth-order valence-corrected chi connectivity index (χ4v) is 8.99. The zero-order valence-corrected chi connectivity index (χ0v) is 26.6. The van der Waals surface area contributed by atoms with Gasteiger partial charge in [0.05, 0.1) is 0 Å². The predicted molar refractivity (Wildman–Crippen MR) is 159 cm³/mol. The molecule has 0 saturated carbocycles. The zero-order valence-electron chi connectivity index (χ0n) is 20.0. The van der Waals surface area contributed by atoms with Gasteiger partial charge in [-0.05, 0) is 49.4 Å². The first-order chi connectivity index (χ1) is 16.7. The minimum absolute atomic E-state index is 0. The zero-order chi connectivity index (χ0) is 23.6. The summed E-state index contributed by atoms with van der Waals surface area (Å²) >= 11 is 11.1. The van der Waals surface area contributed by atoms with E-state index in [9.17, 15) is 0 Å². The van der Waals surface area contributed by atoms with Crippen LogP contribution < -0.4 is 72.6 Å². The van der Waals surface area contributed by atoms with Gasteiger partial charge in [0.25, 0.3) is 0 Å². The standard InChI is InChI=1S/C29H29NP2S2.K/c33-29(34)30(21-23-31(25-13-5-1-6-14-25)26-15-7-2-8-16-26)22-24-32(27-17-9-3-10-18-27)28-19-11-4-12-20-28;/h1-20H,21-24H2,(H,33,34);/q;+1/p-1. The van der Waals surface area contributed by atoms with Crippen molar-refractivity contribution in [3.63, 3.8) is 0 Å². The summed E-state index contributed by atoms with van der Waals surface area (Å²) < 4.78 is 0.576. The van der Waals surface area contributed by atoms with E-state index >= 15 is 0 Å². The van der Waals surface area contributed by atoms with Crippen molar-refractivity contribution in [3.05, 3.63) is 121 Å². The molecule has 4 rings (SSSR count). The van der Waals surface area contributed by atoms with E-state index in [4.69, 9.17) is 24.8 Å². The monoisotopic (exact) mass is 555 g/mol. The molecule has 0 aromatic heterocycles. The fraction of sp³-hybridized carbons (Fsp3) is 0.138. The average Bonchev–Trinajstić information content (AvgIpc) is 2.90. The van der Waals surface area contributed by atoms with Gasteiger partial charge < -0.3 is 29.7 Å². The van der Waals surface area contributed by atoms with Gasteiger partial charge >= 0.3 is 51.4 Å². The second-order valence-corrected chi connectivity index (χ2v) is 13.6. The van der Waals surface area contributed by atoms with Gasteiger partial charge in [-0.2, -0.15) is 0 Å².